The molecular formula is C15H13F5OS. The summed E-state index contributed by atoms with van der Waals surface area (Å²) in [5, 5.41) is 10.3. The molecule has 1 nitrogen and oxygen atoms in total. The van der Waals surface area contributed by atoms with Gasteiger partial charge in [-0.2, -0.15) is 0 Å². The quantitative estimate of drug-likeness (QED) is 0.696. The van der Waals surface area contributed by atoms with E-state index in [4.69, 9.17) is 0 Å². The highest BCUT2D eigenvalue weighted by atomic mass is 32.5. The second-order valence-corrected chi connectivity index (χ2v) is 7.90. The Labute approximate surface area is 124 Å². The smallest absolute Gasteiger partial charge is 0.310 e. The lowest BCUT2D eigenvalue weighted by Crippen LogP contribution is -2.08. The molecule has 3 rings (SSSR count). The van der Waals surface area contributed by atoms with Crippen molar-refractivity contribution in [2.24, 2.45) is 0 Å². The van der Waals surface area contributed by atoms with Crippen LogP contribution in [0.5, 0.6) is 0 Å². The molecule has 0 heterocycles. The van der Waals surface area contributed by atoms with Gasteiger partial charge in [0.15, 0.2) is 0 Å². The fraction of sp³-hybridized carbons (Fsp3) is 0.200. The molecule has 120 valence electrons. The Kier molecular flexibility index (Phi) is 2.80. The van der Waals surface area contributed by atoms with Crippen molar-refractivity contribution in [1.29, 1.82) is 0 Å². The zero-order valence-corrected chi connectivity index (χ0v) is 12.0. The van der Waals surface area contributed by atoms with Crippen LogP contribution >= 0.6 is 10.2 Å². The molecule has 0 aromatic heterocycles. The van der Waals surface area contributed by atoms with E-state index in [0.29, 0.717) is 24.1 Å². The van der Waals surface area contributed by atoms with Crippen molar-refractivity contribution >= 4 is 10.2 Å². The molecule has 0 fully saturated rings. The number of hydrogen-bond acceptors (Lipinski definition) is 1. The van der Waals surface area contributed by atoms with Gasteiger partial charge in [0.2, 0.25) is 0 Å². The lowest BCUT2D eigenvalue weighted by Gasteiger charge is -2.40. The predicted molar refractivity (Wildman–Crippen MR) is 75.7 cm³/mol. The van der Waals surface area contributed by atoms with Crippen LogP contribution in [-0.4, -0.2) is 5.11 Å². The number of benzene rings is 2. The third kappa shape index (κ3) is 2.70. The highest BCUT2D eigenvalue weighted by Gasteiger charge is 2.65. The van der Waals surface area contributed by atoms with E-state index >= 15 is 0 Å². The molecule has 22 heavy (non-hydrogen) atoms. The lowest BCUT2D eigenvalue weighted by molar-refractivity contribution is 0.158. The molecule has 7 heteroatoms. The van der Waals surface area contributed by atoms with Crippen LogP contribution in [0.1, 0.15) is 28.7 Å². The third-order valence-electron chi connectivity index (χ3n) is 3.95. The van der Waals surface area contributed by atoms with Gasteiger partial charge in [0.1, 0.15) is 4.90 Å². The first-order chi connectivity index (χ1) is 9.95. The summed E-state index contributed by atoms with van der Waals surface area (Å²) in [6, 6.07) is 10.00. The Morgan fingerprint density at radius 2 is 1.45 bits per heavy atom. The Morgan fingerprint density at radius 1 is 0.864 bits per heavy atom. The predicted octanol–water partition coefficient (Wildman–Crippen LogP) is 5.72. The van der Waals surface area contributed by atoms with Gasteiger partial charge in [0.05, 0.1) is 6.10 Å². The van der Waals surface area contributed by atoms with Crippen molar-refractivity contribution in [2.45, 2.75) is 23.3 Å². The average Bonchev–Trinajstić information content (AvgIpc) is 2.74. The van der Waals surface area contributed by atoms with Gasteiger partial charge in [-0.1, -0.05) is 55.8 Å². The van der Waals surface area contributed by atoms with E-state index < -0.39 is 27.1 Å². The molecule has 0 radical (unpaired) electrons. The van der Waals surface area contributed by atoms with Gasteiger partial charge in [-0.05, 0) is 35.2 Å². The topological polar surface area (TPSA) is 20.2 Å². The molecule has 0 spiro atoms. The van der Waals surface area contributed by atoms with E-state index in [1.54, 1.807) is 12.1 Å². The minimum atomic E-state index is -9.65. The summed E-state index contributed by atoms with van der Waals surface area (Å²) in [7, 11) is -9.65. The number of aliphatic hydroxyl groups is 1. The Bertz CT molecular complexity index is 724. The molecule has 0 amide bonds. The standard InChI is InChI=1S/C15H13F5OS/c16-22(17,18,19,20)12-7-5-10(6-8-12)14-9-11-3-1-2-4-13(11)15(14)21/h1-8,14-15,21H,9H2/t14-,15-/m1/s1. The Morgan fingerprint density at radius 3 is 2.00 bits per heavy atom. The molecule has 0 saturated heterocycles. The first kappa shape index (κ1) is 15.3. The van der Waals surface area contributed by atoms with Crippen molar-refractivity contribution in [3.05, 3.63) is 65.2 Å². The van der Waals surface area contributed by atoms with Crippen molar-refractivity contribution in [3.8, 4) is 0 Å². The molecule has 2 aromatic rings. The molecule has 0 bridgehead atoms. The van der Waals surface area contributed by atoms with Crippen LogP contribution in [0.4, 0.5) is 19.4 Å². The van der Waals surface area contributed by atoms with Crippen LogP contribution in [0.3, 0.4) is 0 Å². The maximum Gasteiger partial charge on any atom is 0.310 e. The summed E-state index contributed by atoms with van der Waals surface area (Å²) in [5.41, 5.74) is 2.05. The lowest BCUT2D eigenvalue weighted by atomic mass is 9.94. The maximum atomic E-state index is 12.7. The van der Waals surface area contributed by atoms with Crippen molar-refractivity contribution < 1.29 is 24.5 Å². The highest BCUT2D eigenvalue weighted by molar-refractivity contribution is 8.45. The fourth-order valence-corrected chi connectivity index (χ4v) is 3.50. The number of rotatable bonds is 2. The summed E-state index contributed by atoms with van der Waals surface area (Å²) in [5.74, 6) is -0.426. The molecule has 1 aliphatic carbocycles. The fourth-order valence-electron chi connectivity index (χ4n) is 2.85. The van der Waals surface area contributed by atoms with Gasteiger partial charge in [-0.15, -0.1) is 0 Å². The second kappa shape index (κ2) is 4.02. The second-order valence-electron chi connectivity index (χ2n) is 5.49. The molecule has 2 atom stereocenters. The summed E-state index contributed by atoms with van der Waals surface area (Å²) in [6.07, 6.45) is -0.380. The monoisotopic (exact) mass is 336 g/mol. The SMILES string of the molecule is O[C@@H]1c2ccccc2C[C@@H]1c1ccc(S(F)(F)(F)(F)F)cc1. The van der Waals surface area contributed by atoms with Crippen LogP contribution < -0.4 is 0 Å². The van der Waals surface area contributed by atoms with Crippen LogP contribution in [0.15, 0.2) is 53.4 Å². The van der Waals surface area contributed by atoms with Crippen molar-refractivity contribution in [3.63, 3.8) is 0 Å². The number of aliphatic hydroxyl groups excluding tert-OH is 1. The molecule has 0 aliphatic heterocycles. The van der Waals surface area contributed by atoms with E-state index in [1.165, 1.54) is 0 Å². The first-order valence-corrected chi connectivity index (χ1v) is 8.51. The van der Waals surface area contributed by atoms with Crippen LogP contribution in [-0.2, 0) is 6.42 Å². The van der Waals surface area contributed by atoms with Gasteiger partial charge in [-0.3, -0.25) is 0 Å². The summed E-state index contributed by atoms with van der Waals surface area (Å²) in [6.45, 7) is 0. The summed E-state index contributed by atoms with van der Waals surface area (Å²) in [4.78, 5) is -1.91. The summed E-state index contributed by atoms with van der Waals surface area (Å²) >= 11 is 0. The average molecular weight is 336 g/mol. The molecule has 1 N–H and O–H groups in total. The van der Waals surface area contributed by atoms with Gasteiger partial charge < -0.3 is 5.11 Å². The van der Waals surface area contributed by atoms with Crippen molar-refractivity contribution in [1.82, 2.24) is 0 Å². The molecule has 1 aliphatic rings. The molecule has 2 aromatic carbocycles. The highest BCUT2D eigenvalue weighted by Crippen LogP contribution is 3.02. The van der Waals surface area contributed by atoms with Crippen LogP contribution in [0.25, 0.3) is 0 Å². The summed E-state index contributed by atoms with van der Waals surface area (Å²) < 4.78 is 63.5. The minimum absolute atomic E-state index is 0.395. The largest absolute Gasteiger partial charge is 0.388 e. The van der Waals surface area contributed by atoms with E-state index in [9.17, 15) is 24.5 Å². The van der Waals surface area contributed by atoms with Crippen molar-refractivity contribution in [2.75, 3.05) is 0 Å². The Balaban J connectivity index is 1.94. The zero-order valence-electron chi connectivity index (χ0n) is 11.2. The first-order valence-electron chi connectivity index (χ1n) is 6.56. The van der Waals surface area contributed by atoms with E-state index in [-0.39, 0.29) is 0 Å². The number of halogens is 5. The molecule has 0 saturated carbocycles. The maximum absolute atomic E-state index is 12.7. The van der Waals surface area contributed by atoms with Gasteiger partial charge in [-0.25, -0.2) is 0 Å². The minimum Gasteiger partial charge on any atom is -0.388 e. The van der Waals surface area contributed by atoms with Gasteiger partial charge >= 0.3 is 10.2 Å². The zero-order chi connectivity index (χ0) is 16.2. The van der Waals surface area contributed by atoms with Gasteiger partial charge in [0, 0.05) is 5.92 Å². The normalized spacial score (nSPS) is 24.5. The number of fused-ring (bicyclic) bond motifs is 1. The molecule has 0 unspecified atom stereocenters. The van der Waals surface area contributed by atoms with E-state index in [1.807, 2.05) is 12.1 Å². The van der Waals surface area contributed by atoms with Gasteiger partial charge in [0.25, 0.3) is 0 Å². The van der Waals surface area contributed by atoms with E-state index in [2.05, 4.69) is 0 Å². The van der Waals surface area contributed by atoms with Crippen LogP contribution in [0.2, 0.25) is 0 Å². The molecular weight excluding hydrogens is 323 g/mol. The third-order valence-corrected chi connectivity index (χ3v) is 5.11. The number of hydrogen-bond donors (Lipinski definition) is 1. The van der Waals surface area contributed by atoms with E-state index in [0.717, 1.165) is 23.3 Å². The van der Waals surface area contributed by atoms with Crippen LogP contribution in [0, 0.1) is 0 Å². The Hall–Kier alpha value is -1.60.